The summed E-state index contributed by atoms with van der Waals surface area (Å²) in [6.45, 7) is 0.554. The topological polar surface area (TPSA) is 69.6 Å². The standard InChI is InChI=1S/C14H18N2O3/c1-16(14(19)3-2-6-17)9-10-4-5-12-11(7-10)8-13(18)15-12/h4-5,7,17H,2-3,6,8-9H2,1H3,(H,15,18). The van der Waals surface area contributed by atoms with Crippen LogP contribution < -0.4 is 5.32 Å². The molecule has 0 radical (unpaired) electrons. The summed E-state index contributed by atoms with van der Waals surface area (Å²) in [7, 11) is 1.75. The molecule has 19 heavy (non-hydrogen) atoms. The highest BCUT2D eigenvalue weighted by atomic mass is 16.3. The predicted octanol–water partition coefficient (Wildman–Crippen LogP) is 0.912. The Balaban J connectivity index is 1.98. The van der Waals surface area contributed by atoms with Crippen LogP contribution in [0.3, 0.4) is 0 Å². The minimum Gasteiger partial charge on any atom is -0.396 e. The first-order chi connectivity index (χ1) is 9.10. The van der Waals surface area contributed by atoms with Crippen molar-refractivity contribution in [3.05, 3.63) is 29.3 Å². The Labute approximate surface area is 112 Å². The quantitative estimate of drug-likeness (QED) is 0.828. The first kappa shape index (κ1) is 13.5. The first-order valence-corrected chi connectivity index (χ1v) is 6.36. The summed E-state index contributed by atoms with van der Waals surface area (Å²) in [5.41, 5.74) is 2.86. The molecule has 2 rings (SSSR count). The molecule has 0 saturated heterocycles. The number of nitrogens with one attached hydrogen (secondary N) is 1. The predicted molar refractivity (Wildman–Crippen MR) is 71.6 cm³/mol. The number of anilines is 1. The average molecular weight is 262 g/mol. The average Bonchev–Trinajstić information content (AvgIpc) is 2.75. The number of carbonyl (C=O) groups is 2. The molecule has 0 atom stereocenters. The maximum atomic E-state index is 11.7. The highest BCUT2D eigenvalue weighted by Gasteiger charge is 2.18. The largest absolute Gasteiger partial charge is 0.396 e. The summed E-state index contributed by atoms with van der Waals surface area (Å²) < 4.78 is 0. The van der Waals surface area contributed by atoms with Crippen LogP contribution in [0, 0.1) is 0 Å². The molecule has 1 aliphatic rings. The van der Waals surface area contributed by atoms with Gasteiger partial charge in [0.15, 0.2) is 0 Å². The van der Waals surface area contributed by atoms with Crippen LogP contribution in [-0.4, -0.2) is 35.5 Å². The van der Waals surface area contributed by atoms with Gasteiger partial charge in [0.2, 0.25) is 11.8 Å². The van der Waals surface area contributed by atoms with Gasteiger partial charge in [-0.2, -0.15) is 0 Å². The van der Waals surface area contributed by atoms with Crippen LogP contribution in [0.15, 0.2) is 18.2 Å². The van der Waals surface area contributed by atoms with Crippen LogP contribution in [0.2, 0.25) is 0 Å². The Morgan fingerprint density at radius 2 is 2.26 bits per heavy atom. The third-order valence-electron chi connectivity index (χ3n) is 3.19. The molecule has 0 fully saturated rings. The summed E-state index contributed by atoms with van der Waals surface area (Å²) in [6, 6.07) is 5.75. The van der Waals surface area contributed by atoms with Gasteiger partial charge < -0.3 is 15.3 Å². The fourth-order valence-corrected chi connectivity index (χ4v) is 2.16. The van der Waals surface area contributed by atoms with E-state index in [-0.39, 0.29) is 18.4 Å². The minimum absolute atomic E-state index is 0.0135. The number of hydrogen-bond acceptors (Lipinski definition) is 3. The Bertz CT molecular complexity index is 499. The van der Waals surface area contributed by atoms with E-state index in [0.717, 1.165) is 16.8 Å². The van der Waals surface area contributed by atoms with Crippen LogP contribution in [0.5, 0.6) is 0 Å². The smallest absolute Gasteiger partial charge is 0.228 e. The van der Waals surface area contributed by atoms with Crippen LogP contribution >= 0.6 is 0 Å². The van der Waals surface area contributed by atoms with Crippen molar-refractivity contribution >= 4 is 17.5 Å². The highest BCUT2D eigenvalue weighted by Crippen LogP contribution is 2.24. The van der Waals surface area contributed by atoms with Crippen LogP contribution in [-0.2, 0) is 22.6 Å². The summed E-state index contributed by atoms with van der Waals surface area (Å²) in [5.74, 6) is 0.0308. The number of carbonyl (C=O) groups excluding carboxylic acids is 2. The maximum absolute atomic E-state index is 11.7. The summed E-state index contributed by atoms with van der Waals surface area (Å²) in [4.78, 5) is 24.6. The number of benzene rings is 1. The Hall–Kier alpha value is -1.88. The monoisotopic (exact) mass is 262 g/mol. The fraction of sp³-hybridized carbons (Fsp3) is 0.429. The molecule has 1 aromatic carbocycles. The number of hydrogen-bond donors (Lipinski definition) is 2. The molecule has 5 nitrogen and oxygen atoms in total. The molecular weight excluding hydrogens is 244 g/mol. The van der Waals surface area contributed by atoms with Crippen LogP contribution in [0.1, 0.15) is 24.0 Å². The molecule has 2 N–H and O–H groups in total. The second kappa shape index (κ2) is 5.84. The van der Waals surface area contributed by atoms with Crippen LogP contribution in [0.25, 0.3) is 0 Å². The van der Waals surface area contributed by atoms with Crippen molar-refractivity contribution in [3.63, 3.8) is 0 Å². The third kappa shape index (κ3) is 3.32. The van der Waals surface area contributed by atoms with E-state index in [4.69, 9.17) is 5.11 Å². The van der Waals surface area contributed by atoms with E-state index in [1.807, 2.05) is 18.2 Å². The van der Waals surface area contributed by atoms with Gasteiger partial charge >= 0.3 is 0 Å². The van der Waals surface area contributed by atoms with E-state index in [9.17, 15) is 9.59 Å². The van der Waals surface area contributed by atoms with Crippen molar-refractivity contribution in [1.82, 2.24) is 4.90 Å². The summed E-state index contributed by atoms with van der Waals surface area (Å²) >= 11 is 0. The zero-order valence-corrected chi connectivity index (χ0v) is 11.0. The number of aliphatic hydroxyl groups is 1. The highest BCUT2D eigenvalue weighted by molar-refractivity contribution is 5.99. The molecule has 1 aliphatic heterocycles. The zero-order valence-electron chi connectivity index (χ0n) is 11.0. The molecule has 102 valence electrons. The van der Waals surface area contributed by atoms with Crippen molar-refractivity contribution in [1.29, 1.82) is 0 Å². The van der Waals surface area contributed by atoms with Crippen molar-refractivity contribution in [3.8, 4) is 0 Å². The Kier molecular flexibility index (Phi) is 4.16. The lowest BCUT2D eigenvalue weighted by molar-refractivity contribution is -0.130. The number of fused-ring (bicyclic) bond motifs is 1. The second-order valence-electron chi connectivity index (χ2n) is 4.79. The molecule has 1 aromatic rings. The zero-order chi connectivity index (χ0) is 13.8. The molecule has 2 amide bonds. The maximum Gasteiger partial charge on any atom is 0.228 e. The van der Waals surface area contributed by atoms with Crippen LogP contribution in [0.4, 0.5) is 5.69 Å². The normalized spacial score (nSPS) is 13.1. The minimum atomic E-state index is 0.0135. The van der Waals surface area contributed by atoms with Gasteiger partial charge in [0.25, 0.3) is 0 Å². The van der Waals surface area contributed by atoms with Crippen molar-refractivity contribution in [2.75, 3.05) is 19.0 Å². The number of nitrogens with zero attached hydrogens (tertiary/aromatic N) is 1. The van der Waals surface area contributed by atoms with E-state index in [1.54, 1.807) is 11.9 Å². The third-order valence-corrected chi connectivity index (χ3v) is 3.19. The molecular formula is C14H18N2O3. The fourth-order valence-electron chi connectivity index (χ4n) is 2.16. The molecule has 0 unspecified atom stereocenters. The molecule has 0 spiro atoms. The summed E-state index contributed by atoms with van der Waals surface area (Å²) in [5, 5.41) is 11.5. The van der Waals surface area contributed by atoms with Gasteiger partial charge in [0, 0.05) is 32.3 Å². The van der Waals surface area contributed by atoms with Gasteiger partial charge in [-0.15, -0.1) is 0 Å². The first-order valence-electron chi connectivity index (χ1n) is 6.36. The lowest BCUT2D eigenvalue weighted by Crippen LogP contribution is -2.26. The molecule has 5 heteroatoms. The number of amides is 2. The van der Waals surface area contributed by atoms with Gasteiger partial charge in [0.05, 0.1) is 6.42 Å². The number of aliphatic hydroxyl groups excluding tert-OH is 1. The van der Waals surface area contributed by atoms with Crippen molar-refractivity contribution in [2.45, 2.75) is 25.8 Å². The lowest BCUT2D eigenvalue weighted by Gasteiger charge is -2.17. The van der Waals surface area contributed by atoms with Gasteiger partial charge in [-0.1, -0.05) is 12.1 Å². The Morgan fingerprint density at radius 1 is 1.47 bits per heavy atom. The molecule has 0 aliphatic carbocycles. The number of rotatable bonds is 5. The van der Waals surface area contributed by atoms with Gasteiger partial charge in [0.1, 0.15) is 0 Å². The van der Waals surface area contributed by atoms with Gasteiger partial charge in [-0.05, 0) is 23.6 Å². The molecule has 0 saturated carbocycles. The van der Waals surface area contributed by atoms with Crippen molar-refractivity contribution < 1.29 is 14.7 Å². The SMILES string of the molecule is CN(Cc1ccc2c(c1)CC(=O)N2)C(=O)CCCO. The lowest BCUT2D eigenvalue weighted by atomic mass is 10.1. The van der Waals surface area contributed by atoms with Gasteiger partial charge in [-0.3, -0.25) is 9.59 Å². The molecule has 1 heterocycles. The van der Waals surface area contributed by atoms with E-state index in [0.29, 0.717) is 25.8 Å². The van der Waals surface area contributed by atoms with E-state index >= 15 is 0 Å². The summed E-state index contributed by atoms with van der Waals surface area (Å²) in [6.07, 6.45) is 1.26. The molecule has 0 bridgehead atoms. The molecule has 0 aromatic heterocycles. The Morgan fingerprint density at radius 3 is 3.00 bits per heavy atom. The van der Waals surface area contributed by atoms with E-state index in [1.165, 1.54) is 0 Å². The van der Waals surface area contributed by atoms with E-state index < -0.39 is 0 Å². The van der Waals surface area contributed by atoms with Crippen molar-refractivity contribution in [2.24, 2.45) is 0 Å². The van der Waals surface area contributed by atoms with Gasteiger partial charge in [-0.25, -0.2) is 0 Å². The van der Waals surface area contributed by atoms with E-state index in [2.05, 4.69) is 5.32 Å². The second-order valence-corrected chi connectivity index (χ2v) is 4.79.